The van der Waals surface area contributed by atoms with Gasteiger partial charge in [0.2, 0.25) is 0 Å². The van der Waals surface area contributed by atoms with Crippen LogP contribution in [0.3, 0.4) is 0 Å². The molecule has 1 N–H and O–H groups in total. The minimum atomic E-state index is -3.73. The molecule has 0 fully saturated rings. The number of hydrogen-bond acceptors (Lipinski definition) is 3. The summed E-state index contributed by atoms with van der Waals surface area (Å²) in [6.07, 6.45) is 3.81. The molecule has 6 heteroatoms. The number of imidazole rings is 1. The van der Waals surface area contributed by atoms with Crippen LogP contribution in [-0.4, -0.2) is 17.8 Å². The van der Waals surface area contributed by atoms with Crippen molar-refractivity contribution in [2.24, 2.45) is 0 Å². The fourth-order valence-electron chi connectivity index (χ4n) is 3.28. The van der Waals surface area contributed by atoms with E-state index in [-0.39, 0.29) is 0 Å². The van der Waals surface area contributed by atoms with Crippen LogP contribution >= 0.6 is 0 Å². The van der Waals surface area contributed by atoms with E-state index in [2.05, 4.69) is 9.71 Å². The van der Waals surface area contributed by atoms with Crippen molar-refractivity contribution in [2.75, 3.05) is 4.72 Å². The Bertz CT molecular complexity index is 1260. The summed E-state index contributed by atoms with van der Waals surface area (Å²) in [6, 6.07) is 16.7. The second kappa shape index (κ2) is 6.80. The Balaban J connectivity index is 1.78. The third-order valence-corrected chi connectivity index (χ3v) is 6.40. The topological polar surface area (TPSA) is 63.5 Å². The molecule has 4 rings (SSSR count). The predicted octanol–water partition coefficient (Wildman–Crippen LogP) is 4.73. The number of fused-ring (bicyclic) bond motifs is 1. The van der Waals surface area contributed by atoms with Crippen molar-refractivity contribution in [3.05, 3.63) is 83.7 Å². The van der Waals surface area contributed by atoms with Gasteiger partial charge in [0.1, 0.15) is 5.65 Å². The van der Waals surface area contributed by atoms with Crippen LogP contribution in [0.1, 0.15) is 16.7 Å². The standard InChI is InChI=1S/C22H21N3O2S/c1-15-12-17(3)21(13-16(15)2)28(26,27)24-19-9-5-4-8-18(19)20-14-25-11-7-6-10-22(25)23-20/h4-14,24H,1-3H3. The minimum absolute atomic E-state index is 0.292. The number of nitrogens with zero attached hydrogens (tertiary/aromatic N) is 2. The van der Waals surface area contributed by atoms with Crippen molar-refractivity contribution < 1.29 is 8.42 Å². The molecule has 0 bridgehead atoms. The highest BCUT2D eigenvalue weighted by molar-refractivity contribution is 7.92. The second-order valence-corrected chi connectivity index (χ2v) is 8.60. The van der Waals surface area contributed by atoms with Crippen LogP contribution in [0, 0.1) is 20.8 Å². The SMILES string of the molecule is Cc1cc(C)c(S(=O)(=O)Nc2ccccc2-c2cn3ccccc3n2)cc1C. The fourth-order valence-corrected chi connectivity index (χ4v) is 4.68. The van der Waals surface area contributed by atoms with Gasteiger partial charge in [0.25, 0.3) is 10.0 Å². The summed E-state index contributed by atoms with van der Waals surface area (Å²) in [6.45, 7) is 5.71. The average Bonchev–Trinajstić information content (AvgIpc) is 3.08. The number of para-hydroxylation sites is 1. The van der Waals surface area contributed by atoms with E-state index in [0.717, 1.165) is 27.9 Å². The van der Waals surface area contributed by atoms with Crippen LogP contribution in [0.15, 0.2) is 71.9 Å². The lowest BCUT2D eigenvalue weighted by atomic mass is 10.1. The smallest absolute Gasteiger partial charge is 0.262 e. The summed E-state index contributed by atoms with van der Waals surface area (Å²) in [5.41, 5.74) is 5.49. The van der Waals surface area contributed by atoms with Gasteiger partial charge in [-0.25, -0.2) is 13.4 Å². The highest BCUT2D eigenvalue weighted by Crippen LogP contribution is 2.30. The maximum absolute atomic E-state index is 13.1. The third kappa shape index (κ3) is 3.27. The molecule has 28 heavy (non-hydrogen) atoms. The van der Waals surface area contributed by atoms with Crippen molar-refractivity contribution in [1.29, 1.82) is 0 Å². The molecular weight excluding hydrogens is 370 g/mol. The zero-order chi connectivity index (χ0) is 19.9. The number of anilines is 1. The van der Waals surface area contributed by atoms with Gasteiger partial charge in [-0.15, -0.1) is 0 Å². The Morgan fingerprint density at radius 2 is 1.61 bits per heavy atom. The first-order valence-electron chi connectivity index (χ1n) is 8.99. The quantitative estimate of drug-likeness (QED) is 0.547. The van der Waals surface area contributed by atoms with E-state index in [9.17, 15) is 8.42 Å². The molecule has 0 saturated carbocycles. The van der Waals surface area contributed by atoms with E-state index in [1.54, 1.807) is 12.1 Å². The van der Waals surface area contributed by atoms with Crippen molar-refractivity contribution >= 4 is 21.4 Å². The molecule has 0 aliphatic carbocycles. The zero-order valence-corrected chi connectivity index (χ0v) is 16.8. The summed E-state index contributed by atoms with van der Waals surface area (Å²) < 4.78 is 30.9. The molecule has 5 nitrogen and oxygen atoms in total. The maximum atomic E-state index is 13.1. The molecule has 0 amide bonds. The normalized spacial score (nSPS) is 11.7. The Hall–Kier alpha value is -3.12. The molecule has 2 aromatic carbocycles. The first-order valence-corrected chi connectivity index (χ1v) is 10.5. The molecule has 0 spiro atoms. The van der Waals surface area contributed by atoms with Gasteiger partial charge in [-0.3, -0.25) is 4.72 Å². The van der Waals surface area contributed by atoms with Crippen LogP contribution in [-0.2, 0) is 10.0 Å². The van der Waals surface area contributed by atoms with E-state index in [4.69, 9.17) is 0 Å². The van der Waals surface area contributed by atoms with Crippen LogP contribution in [0.25, 0.3) is 16.9 Å². The number of sulfonamides is 1. The number of pyridine rings is 1. The van der Waals surface area contributed by atoms with Gasteiger partial charge in [-0.2, -0.15) is 0 Å². The van der Waals surface area contributed by atoms with Crippen LogP contribution in [0.5, 0.6) is 0 Å². The first kappa shape index (κ1) is 18.3. The molecule has 0 atom stereocenters. The number of rotatable bonds is 4. The van der Waals surface area contributed by atoms with Crippen molar-refractivity contribution in [3.63, 3.8) is 0 Å². The van der Waals surface area contributed by atoms with E-state index >= 15 is 0 Å². The van der Waals surface area contributed by atoms with Gasteiger partial charge in [-0.1, -0.05) is 30.3 Å². The second-order valence-electron chi connectivity index (χ2n) is 6.95. The summed E-state index contributed by atoms with van der Waals surface area (Å²) in [7, 11) is -3.73. The highest BCUT2D eigenvalue weighted by Gasteiger charge is 2.20. The predicted molar refractivity (Wildman–Crippen MR) is 112 cm³/mol. The summed E-state index contributed by atoms with van der Waals surface area (Å²) >= 11 is 0. The third-order valence-electron chi connectivity index (χ3n) is 4.89. The number of nitrogens with one attached hydrogen (secondary N) is 1. The highest BCUT2D eigenvalue weighted by atomic mass is 32.2. The van der Waals surface area contributed by atoms with Gasteiger partial charge in [0.15, 0.2) is 0 Å². The number of hydrogen-bond donors (Lipinski definition) is 1. The number of aromatic nitrogens is 2. The molecule has 2 aromatic heterocycles. The Labute approximate surface area is 164 Å². The molecule has 0 aliphatic rings. The summed E-state index contributed by atoms with van der Waals surface area (Å²) in [5.74, 6) is 0. The maximum Gasteiger partial charge on any atom is 0.262 e. The lowest BCUT2D eigenvalue weighted by Gasteiger charge is -2.14. The Morgan fingerprint density at radius 3 is 2.39 bits per heavy atom. The van der Waals surface area contributed by atoms with Gasteiger partial charge in [0, 0.05) is 18.0 Å². The monoisotopic (exact) mass is 391 g/mol. The van der Waals surface area contributed by atoms with E-state index < -0.39 is 10.0 Å². The molecular formula is C22H21N3O2S. The van der Waals surface area contributed by atoms with Crippen molar-refractivity contribution in [3.8, 4) is 11.3 Å². The summed E-state index contributed by atoms with van der Waals surface area (Å²) in [5, 5.41) is 0. The number of aryl methyl sites for hydroxylation is 3. The van der Waals surface area contributed by atoms with Gasteiger partial charge in [0.05, 0.1) is 16.3 Å². The van der Waals surface area contributed by atoms with Gasteiger partial charge >= 0.3 is 0 Å². The van der Waals surface area contributed by atoms with Crippen LogP contribution in [0.4, 0.5) is 5.69 Å². The molecule has 142 valence electrons. The molecule has 0 saturated heterocycles. The molecule has 2 heterocycles. The summed E-state index contributed by atoms with van der Waals surface area (Å²) in [4.78, 5) is 4.91. The van der Waals surface area contributed by atoms with Crippen LogP contribution < -0.4 is 4.72 Å². The molecule has 0 aliphatic heterocycles. The lowest BCUT2D eigenvalue weighted by Crippen LogP contribution is -2.15. The Morgan fingerprint density at radius 1 is 0.893 bits per heavy atom. The largest absolute Gasteiger partial charge is 0.306 e. The van der Waals surface area contributed by atoms with Crippen molar-refractivity contribution in [2.45, 2.75) is 25.7 Å². The molecule has 4 aromatic rings. The molecule has 0 unspecified atom stereocenters. The van der Waals surface area contributed by atoms with Gasteiger partial charge < -0.3 is 4.40 Å². The fraction of sp³-hybridized carbons (Fsp3) is 0.136. The van der Waals surface area contributed by atoms with Gasteiger partial charge in [-0.05, 0) is 61.7 Å². The molecule has 0 radical (unpaired) electrons. The van der Waals surface area contributed by atoms with Crippen molar-refractivity contribution in [1.82, 2.24) is 9.38 Å². The van der Waals surface area contributed by atoms with E-state index in [1.165, 1.54) is 0 Å². The zero-order valence-electron chi connectivity index (χ0n) is 16.0. The minimum Gasteiger partial charge on any atom is -0.306 e. The van der Waals surface area contributed by atoms with Crippen LogP contribution in [0.2, 0.25) is 0 Å². The van der Waals surface area contributed by atoms with E-state index in [1.807, 2.05) is 80.0 Å². The lowest BCUT2D eigenvalue weighted by molar-refractivity contribution is 0.600. The van der Waals surface area contributed by atoms with E-state index in [0.29, 0.717) is 16.3 Å². The average molecular weight is 391 g/mol. The first-order chi connectivity index (χ1) is 13.3. The Kier molecular flexibility index (Phi) is 4.43. The number of benzene rings is 2.